The number of hydrogen-bond acceptors (Lipinski definition) is 4. The smallest absolute Gasteiger partial charge is 0.243 e. The van der Waals surface area contributed by atoms with E-state index in [0.29, 0.717) is 19.1 Å². The second kappa shape index (κ2) is 10.6. The highest BCUT2D eigenvalue weighted by atomic mass is 127. The number of halogens is 1. The van der Waals surface area contributed by atoms with Gasteiger partial charge in [0.15, 0.2) is 17.5 Å². The van der Waals surface area contributed by atoms with Gasteiger partial charge in [0, 0.05) is 12.7 Å². The first kappa shape index (κ1) is 20.8. The van der Waals surface area contributed by atoms with Crippen molar-refractivity contribution >= 4 is 41.5 Å². The van der Waals surface area contributed by atoms with Crippen molar-refractivity contribution in [2.45, 2.75) is 6.10 Å². The minimum absolute atomic E-state index is 0. The zero-order chi connectivity index (χ0) is 18.2. The van der Waals surface area contributed by atoms with Crippen molar-refractivity contribution in [1.29, 1.82) is 0 Å². The number of carbonyl (C=O) groups is 1. The second-order valence-corrected chi connectivity index (χ2v) is 5.72. The van der Waals surface area contributed by atoms with E-state index in [0.717, 1.165) is 17.2 Å². The van der Waals surface area contributed by atoms with E-state index >= 15 is 0 Å². The summed E-state index contributed by atoms with van der Waals surface area (Å²) in [5.41, 5.74) is 0.758. The number of nitrogens with zero attached hydrogens (tertiary/aromatic N) is 1. The molecule has 0 aromatic heterocycles. The Kier molecular flexibility index (Phi) is 8.18. The molecule has 0 saturated carbocycles. The van der Waals surface area contributed by atoms with Crippen LogP contribution in [0.3, 0.4) is 0 Å². The summed E-state index contributed by atoms with van der Waals surface area (Å²) in [6.07, 6.45) is -0.137. The predicted molar refractivity (Wildman–Crippen MR) is 116 cm³/mol. The minimum atomic E-state index is -0.148. The van der Waals surface area contributed by atoms with E-state index in [1.54, 1.807) is 7.05 Å². The van der Waals surface area contributed by atoms with Gasteiger partial charge < -0.3 is 25.4 Å². The van der Waals surface area contributed by atoms with Gasteiger partial charge in [-0.25, -0.2) is 0 Å². The number of benzene rings is 2. The Labute approximate surface area is 175 Å². The zero-order valence-corrected chi connectivity index (χ0v) is 17.3. The molecule has 1 atom stereocenters. The molecule has 0 aliphatic carbocycles. The van der Waals surface area contributed by atoms with Gasteiger partial charge in [0.2, 0.25) is 5.91 Å². The molecule has 0 spiro atoms. The Bertz CT molecular complexity index is 771. The number of carbonyl (C=O) groups excluding carboxylic acids is 1. The zero-order valence-electron chi connectivity index (χ0n) is 15.0. The first-order valence-electron chi connectivity index (χ1n) is 8.42. The van der Waals surface area contributed by atoms with Crippen molar-refractivity contribution < 1.29 is 14.3 Å². The third-order valence-corrected chi connectivity index (χ3v) is 3.76. The van der Waals surface area contributed by atoms with Gasteiger partial charge in [0.05, 0.1) is 13.1 Å². The molecule has 1 heterocycles. The van der Waals surface area contributed by atoms with Crippen LogP contribution in [0.1, 0.15) is 0 Å². The van der Waals surface area contributed by atoms with E-state index in [9.17, 15) is 4.79 Å². The van der Waals surface area contributed by atoms with Crippen molar-refractivity contribution in [2.75, 3.05) is 32.1 Å². The Morgan fingerprint density at radius 3 is 2.52 bits per heavy atom. The van der Waals surface area contributed by atoms with Crippen molar-refractivity contribution in [2.24, 2.45) is 4.99 Å². The van der Waals surface area contributed by atoms with Gasteiger partial charge in [0.1, 0.15) is 12.7 Å². The van der Waals surface area contributed by atoms with Gasteiger partial charge in [0.25, 0.3) is 0 Å². The lowest BCUT2D eigenvalue weighted by molar-refractivity contribution is -0.115. The fourth-order valence-corrected chi connectivity index (χ4v) is 2.49. The van der Waals surface area contributed by atoms with Crippen LogP contribution in [0.25, 0.3) is 0 Å². The SMILES string of the molecule is CN=C(NCC(=O)Nc1ccccc1)NCC1COc2ccccc2O1.I. The summed E-state index contributed by atoms with van der Waals surface area (Å²) in [4.78, 5) is 16.1. The van der Waals surface area contributed by atoms with Crippen LogP contribution in [0.15, 0.2) is 59.6 Å². The first-order valence-corrected chi connectivity index (χ1v) is 8.42. The average Bonchev–Trinajstić information content (AvgIpc) is 2.68. The monoisotopic (exact) mass is 482 g/mol. The molecule has 1 aliphatic heterocycles. The van der Waals surface area contributed by atoms with Crippen LogP contribution in [0.5, 0.6) is 11.5 Å². The Balaban J connectivity index is 0.00000261. The Morgan fingerprint density at radius 1 is 1.07 bits per heavy atom. The lowest BCUT2D eigenvalue weighted by Gasteiger charge is -2.27. The van der Waals surface area contributed by atoms with E-state index in [-0.39, 0.29) is 42.5 Å². The molecular weight excluding hydrogens is 459 g/mol. The molecule has 8 heteroatoms. The number of fused-ring (bicyclic) bond motifs is 1. The van der Waals surface area contributed by atoms with Crippen LogP contribution < -0.4 is 25.4 Å². The summed E-state index contributed by atoms with van der Waals surface area (Å²) in [6, 6.07) is 16.9. The summed E-state index contributed by atoms with van der Waals surface area (Å²) in [6.45, 7) is 1.07. The predicted octanol–water partition coefficient (Wildman–Crippen LogP) is 2.25. The fraction of sp³-hybridized carbons (Fsp3) is 0.263. The molecule has 0 saturated heterocycles. The highest BCUT2D eigenvalue weighted by molar-refractivity contribution is 14.0. The van der Waals surface area contributed by atoms with Gasteiger partial charge in [-0.15, -0.1) is 24.0 Å². The van der Waals surface area contributed by atoms with Gasteiger partial charge in [-0.05, 0) is 24.3 Å². The fourth-order valence-electron chi connectivity index (χ4n) is 2.49. The summed E-state index contributed by atoms with van der Waals surface area (Å²) in [5, 5.41) is 8.93. The summed E-state index contributed by atoms with van der Waals surface area (Å²) >= 11 is 0. The summed E-state index contributed by atoms with van der Waals surface area (Å²) in [7, 11) is 1.65. The maximum Gasteiger partial charge on any atom is 0.243 e. The number of amides is 1. The number of guanidine groups is 1. The molecule has 27 heavy (non-hydrogen) atoms. The highest BCUT2D eigenvalue weighted by Gasteiger charge is 2.20. The number of para-hydroxylation sites is 3. The van der Waals surface area contributed by atoms with E-state index < -0.39 is 0 Å². The summed E-state index contributed by atoms with van der Waals surface area (Å²) < 4.78 is 11.6. The van der Waals surface area contributed by atoms with Crippen molar-refractivity contribution in [3.63, 3.8) is 0 Å². The number of hydrogen-bond donors (Lipinski definition) is 3. The molecular formula is C19H23IN4O3. The third-order valence-electron chi connectivity index (χ3n) is 3.76. The normalized spacial score (nSPS) is 15.3. The number of rotatable bonds is 5. The van der Waals surface area contributed by atoms with Crippen molar-refractivity contribution in [3.05, 3.63) is 54.6 Å². The number of ether oxygens (including phenoxy) is 2. The molecule has 0 radical (unpaired) electrons. The van der Waals surface area contributed by atoms with Crippen LogP contribution in [-0.4, -0.2) is 44.7 Å². The molecule has 1 aliphatic rings. The van der Waals surface area contributed by atoms with Crippen LogP contribution >= 0.6 is 24.0 Å². The molecule has 144 valence electrons. The van der Waals surface area contributed by atoms with E-state index in [2.05, 4.69) is 20.9 Å². The number of nitrogens with one attached hydrogen (secondary N) is 3. The van der Waals surface area contributed by atoms with E-state index in [4.69, 9.17) is 9.47 Å². The average molecular weight is 482 g/mol. The lowest BCUT2D eigenvalue weighted by Crippen LogP contribution is -2.47. The van der Waals surface area contributed by atoms with Crippen LogP contribution in [-0.2, 0) is 4.79 Å². The van der Waals surface area contributed by atoms with Crippen molar-refractivity contribution in [1.82, 2.24) is 10.6 Å². The third kappa shape index (κ3) is 6.31. The number of anilines is 1. The van der Waals surface area contributed by atoms with Crippen LogP contribution in [0, 0.1) is 0 Å². The van der Waals surface area contributed by atoms with Crippen LogP contribution in [0.4, 0.5) is 5.69 Å². The molecule has 1 unspecified atom stereocenters. The molecule has 3 N–H and O–H groups in total. The topological polar surface area (TPSA) is 84.0 Å². The van der Waals surface area contributed by atoms with Gasteiger partial charge in [-0.3, -0.25) is 9.79 Å². The molecule has 7 nitrogen and oxygen atoms in total. The Morgan fingerprint density at radius 2 is 1.78 bits per heavy atom. The first-order chi connectivity index (χ1) is 12.7. The maximum absolute atomic E-state index is 12.0. The number of aliphatic imine (C=N–C) groups is 1. The van der Waals surface area contributed by atoms with E-state index in [1.807, 2.05) is 54.6 Å². The summed E-state index contributed by atoms with van der Waals surface area (Å²) in [5.74, 6) is 1.86. The van der Waals surface area contributed by atoms with Gasteiger partial charge in [-0.2, -0.15) is 0 Å². The molecule has 2 aromatic carbocycles. The molecule has 3 rings (SSSR count). The largest absolute Gasteiger partial charge is 0.486 e. The Hall–Kier alpha value is -2.49. The standard InChI is InChI=1S/C19H22N4O3.HI/c1-20-19(22-12-18(24)23-14-7-3-2-4-8-14)21-11-15-13-25-16-9-5-6-10-17(16)26-15;/h2-10,15H,11-13H2,1H3,(H,23,24)(H2,20,21,22);1H. The lowest BCUT2D eigenvalue weighted by atomic mass is 10.2. The van der Waals surface area contributed by atoms with Crippen LogP contribution in [0.2, 0.25) is 0 Å². The van der Waals surface area contributed by atoms with E-state index in [1.165, 1.54) is 0 Å². The van der Waals surface area contributed by atoms with Gasteiger partial charge in [-0.1, -0.05) is 30.3 Å². The maximum atomic E-state index is 12.0. The minimum Gasteiger partial charge on any atom is -0.486 e. The van der Waals surface area contributed by atoms with Crippen molar-refractivity contribution in [3.8, 4) is 11.5 Å². The molecule has 0 bridgehead atoms. The molecule has 1 amide bonds. The highest BCUT2D eigenvalue weighted by Crippen LogP contribution is 2.30. The molecule has 0 fully saturated rings. The van der Waals surface area contributed by atoms with Gasteiger partial charge >= 0.3 is 0 Å². The second-order valence-electron chi connectivity index (χ2n) is 5.72. The molecule has 2 aromatic rings. The quantitative estimate of drug-likeness (QED) is 0.346.